The van der Waals surface area contributed by atoms with Gasteiger partial charge in [-0.05, 0) is 89.6 Å². The lowest BCUT2D eigenvalue weighted by atomic mass is 9.78. The highest BCUT2D eigenvalue weighted by Crippen LogP contribution is 2.40. The fourth-order valence-electron chi connectivity index (χ4n) is 4.89. The number of amides is 2. The summed E-state index contributed by atoms with van der Waals surface area (Å²) in [5, 5.41) is 17.9. The number of aryl methyl sites for hydroxylation is 4. The molecule has 0 unspecified atom stereocenters. The Morgan fingerprint density at radius 2 is 1.46 bits per heavy atom. The largest absolute Gasteiger partial charge is 0.507 e. The highest BCUT2D eigenvalue weighted by Gasteiger charge is 2.26. The Labute approximate surface area is 231 Å². The van der Waals surface area contributed by atoms with E-state index in [4.69, 9.17) is 0 Å². The second-order valence-electron chi connectivity index (χ2n) is 12.4. The Morgan fingerprint density at radius 3 is 2.10 bits per heavy atom. The van der Waals surface area contributed by atoms with Crippen LogP contribution in [-0.2, 0) is 23.7 Å². The predicted molar refractivity (Wildman–Crippen MR) is 161 cm³/mol. The molecule has 0 aliphatic rings. The summed E-state index contributed by atoms with van der Waals surface area (Å²) in [6, 6.07) is 17.5. The third-order valence-electron chi connectivity index (χ3n) is 6.98. The number of benzene rings is 2. The molecule has 2 aromatic carbocycles. The zero-order chi connectivity index (χ0) is 28.5. The summed E-state index contributed by atoms with van der Waals surface area (Å²) in [6.07, 6.45) is 1.52. The number of carbonyl (C=O) groups excluding carboxylic acids is 1. The van der Waals surface area contributed by atoms with E-state index in [1.54, 1.807) is 6.07 Å². The number of fused-ring (bicyclic) bond motifs is 1. The molecule has 204 valence electrons. The first-order valence-corrected chi connectivity index (χ1v) is 13.5. The van der Waals surface area contributed by atoms with Crippen LogP contribution in [0.5, 0.6) is 5.75 Å². The number of hydrogen-bond acceptors (Lipinski definition) is 4. The van der Waals surface area contributed by atoms with Crippen molar-refractivity contribution in [1.29, 1.82) is 0 Å². The second-order valence-corrected chi connectivity index (χ2v) is 12.4. The number of aromatic nitrogens is 2. The van der Waals surface area contributed by atoms with Crippen LogP contribution in [0.1, 0.15) is 75.1 Å². The third kappa shape index (κ3) is 6.56. The number of nitrogens with one attached hydrogen (secondary N) is 2. The van der Waals surface area contributed by atoms with Gasteiger partial charge in [0.2, 0.25) is 0 Å². The molecule has 0 radical (unpaired) electrons. The lowest BCUT2D eigenvalue weighted by molar-refractivity contribution is 0.262. The summed E-state index contributed by atoms with van der Waals surface area (Å²) in [7, 11) is 0. The predicted octanol–water partition coefficient (Wildman–Crippen LogP) is 7.98. The monoisotopic (exact) mass is 524 g/mol. The van der Waals surface area contributed by atoms with Crippen LogP contribution in [0.3, 0.4) is 0 Å². The maximum absolute atomic E-state index is 12.9. The molecule has 0 bridgehead atoms. The minimum absolute atomic E-state index is 0.179. The molecule has 0 atom stereocenters. The van der Waals surface area contributed by atoms with E-state index >= 15 is 0 Å². The Hall–Kier alpha value is -3.93. The minimum Gasteiger partial charge on any atom is -0.507 e. The summed E-state index contributed by atoms with van der Waals surface area (Å²) in [6.45, 7) is 16.7. The Kier molecular flexibility index (Phi) is 7.69. The van der Waals surface area contributed by atoms with E-state index in [0.717, 1.165) is 51.9 Å². The first-order chi connectivity index (χ1) is 18.2. The number of pyridine rings is 2. The summed E-state index contributed by atoms with van der Waals surface area (Å²) >= 11 is 0. The molecule has 6 nitrogen and oxygen atoms in total. The Bertz CT molecular complexity index is 1490. The van der Waals surface area contributed by atoms with E-state index in [9.17, 15) is 9.90 Å². The molecule has 0 aliphatic heterocycles. The number of nitrogens with zero attached hydrogens (tertiary/aromatic N) is 2. The van der Waals surface area contributed by atoms with Crippen molar-refractivity contribution in [3.8, 4) is 5.75 Å². The molecule has 39 heavy (non-hydrogen) atoms. The summed E-state index contributed by atoms with van der Waals surface area (Å²) in [4.78, 5) is 22.0. The molecular formula is C33H40N4O2. The highest BCUT2D eigenvalue weighted by atomic mass is 16.3. The van der Waals surface area contributed by atoms with Gasteiger partial charge in [-0.25, -0.2) is 14.8 Å². The van der Waals surface area contributed by atoms with Gasteiger partial charge in [0.25, 0.3) is 0 Å². The molecule has 3 N–H and O–H groups in total. The van der Waals surface area contributed by atoms with Crippen LogP contribution in [0, 0.1) is 13.8 Å². The molecule has 6 heteroatoms. The van der Waals surface area contributed by atoms with Crippen molar-refractivity contribution in [1.82, 2.24) is 9.97 Å². The second kappa shape index (κ2) is 10.7. The quantitative estimate of drug-likeness (QED) is 0.247. The van der Waals surface area contributed by atoms with Crippen LogP contribution in [0.15, 0.2) is 54.6 Å². The van der Waals surface area contributed by atoms with Gasteiger partial charge in [-0.3, -0.25) is 5.32 Å². The zero-order valence-electron chi connectivity index (χ0n) is 24.4. The Morgan fingerprint density at radius 1 is 0.821 bits per heavy atom. The smallest absolute Gasteiger partial charge is 0.324 e. The molecule has 0 saturated heterocycles. The number of carbonyl (C=O) groups is 1. The van der Waals surface area contributed by atoms with Crippen LogP contribution in [-0.4, -0.2) is 21.1 Å². The number of aromatic hydroxyl groups is 1. The van der Waals surface area contributed by atoms with Gasteiger partial charge in [-0.1, -0.05) is 71.9 Å². The highest BCUT2D eigenvalue weighted by molar-refractivity contribution is 6.00. The SMILES string of the molecule is Cc1cc(C)c2ccc(NC(=O)Nc3ccccc3CCc3cc(C(C)(C)C)c(O)c(C(C)(C)C)c3)nc2n1. The third-order valence-corrected chi connectivity index (χ3v) is 6.98. The lowest BCUT2D eigenvalue weighted by Gasteiger charge is -2.28. The van der Waals surface area contributed by atoms with E-state index in [1.165, 1.54) is 5.56 Å². The van der Waals surface area contributed by atoms with Gasteiger partial charge < -0.3 is 10.4 Å². The van der Waals surface area contributed by atoms with Crippen molar-refractivity contribution < 1.29 is 9.90 Å². The van der Waals surface area contributed by atoms with Gasteiger partial charge in [0, 0.05) is 16.8 Å². The molecule has 0 fully saturated rings. The van der Waals surface area contributed by atoms with Gasteiger partial charge in [0.1, 0.15) is 11.6 Å². The van der Waals surface area contributed by atoms with Crippen molar-refractivity contribution in [3.05, 3.63) is 88.1 Å². The van der Waals surface area contributed by atoms with Crippen LogP contribution < -0.4 is 10.6 Å². The number of para-hydroxylation sites is 1. The van der Waals surface area contributed by atoms with Crippen molar-refractivity contribution in [2.75, 3.05) is 10.6 Å². The molecule has 4 aromatic rings. The number of urea groups is 1. The summed E-state index contributed by atoms with van der Waals surface area (Å²) in [5.74, 6) is 0.837. The first kappa shape index (κ1) is 28.1. The van der Waals surface area contributed by atoms with Crippen molar-refractivity contribution in [3.63, 3.8) is 0 Å². The molecule has 2 heterocycles. The average Bonchev–Trinajstić information content (AvgIpc) is 2.82. The van der Waals surface area contributed by atoms with Crippen molar-refractivity contribution >= 4 is 28.6 Å². The topological polar surface area (TPSA) is 87.1 Å². The van der Waals surface area contributed by atoms with Gasteiger partial charge in [-0.15, -0.1) is 0 Å². The van der Waals surface area contributed by atoms with E-state index < -0.39 is 0 Å². The maximum atomic E-state index is 12.9. The molecule has 0 aliphatic carbocycles. The first-order valence-electron chi connectivity index (χ1n) is 13.5. The van der Waals surface area contributed by atoms with Crippen LogP contribution in [0.2, 0.25) is 0 Å². The number of hydrogen-bond donors (Lipinski definition) is 3. The van der Waals surface area contributed by atoms with Crippen molar-refractivity contribution in [2.45, 2.75) is 79.1 Å². The van der Waals surface area contributed by atoms with Gasteiger partial charge in [-0.2, -0.15) is 0 Å². The molecular weight excluding hydrogens is 484 g/mol. The molecule has 4 rings (SSSR count). The number of phenolic OH excluding ortho intramolecular Hbond substituents is 1. The fourth-order valence-corrected chi connectivity index (χ4v) is 4.89. The van der Waals surface area contributed by atoms with Crippen LogP contribution in [0.4, 0.5) is 16.3 Å². The molecule has 0 spiro atoms. The standard InChI is InChI=1S/C33H40N4O2/c1-20-17-21(2)34-30-24(20)15-16-28(36-30)37-31(39)35-27-12-10-9-11-23(27)14-13-22-18-25(32(3,4)5)29(38)26(19-22)33(6,7)8/h9-12,15-19,38H,13-14H2,1-8H3,(H2,34,35,36,37,39). The normalized spacial score (nSPS) is 12.0. The van der Waals surface area contributed by atoms with Crippen LogP contribution >= 0.6 is 0 Å². The van der Waals surface area contributed by atoms with Crippen molar-refractivity contribution in [2.24, 2.45) is 0 Å². The minimum atomic E-state index is -0.353. The van der Waals surface area contributed by atoms with E-state index in [1.807, 2.05) is 50.2 Å². The fraction of sp³-hybridized carbons (Fsp3) is 0.364. The Balaban J connectivity index is 1.52. The average molecular weight is 525 g/mol. The summed E-state index contributed by atoms with van der Waals surface area (Å²) < 4.78 is 0. The van der Waals surface area contributed by atoms with Gasteiger partial charge >= 0.3 is 6.03 Å². The zero-order valence-corrected chi connectivity index (χ0v) is 24.4. The lowest BCUT2D eigenvalue weighted by Crippen LogP contribution is -2.21. The van der Waals surface area contributed by atoms with Gasteiger partial charge in [0.15, 0.2) is 5.65 Å². The molecule has 0 saturated carbocycles. The summed E-state index contributed by atoms with van der Waals surface area (Å²) in [5.41, 5.74) is 7.12. The number of rotatable bonds is 5. The van der Waals surface area contributed by atoms with E-state index in [-0.39, 0.29) is 16.9 Å². The number of phenols is 1. The van der Waals surface area contributed by atoms with Gasteiger partial charge in [0.05, 0.1) is 0 Å². The number of anilines is 2. The molecule has 2 amide bonds. The van der Waals surface area contributed by atoms with Crippen LogP contribution in [0.25, 0.3) is 11.0 Å². The molecule has 2 aromatic heterocycles. The van der Waals surface area contributed by atoms with E-state index in [0.29, 0.717) is 17.2 Å². The maximum Gasteiger partial charge on any atom is 0.324 e. The van der Waals surface area contributed by atoms with E-state index in [2.05, 4.69) is 74.3 Å².